The number of esters is 1. The number of nitrogens with zero attached hydrogens (tertiary/aromatic N) is 1. The zero-order chi connectivity index (χ0) is 25.6. The van der Waals surface area contributed by atoms with Crippen molar-refractivity contribution < 1.29 is 38.1 Å². The fourth-order valence-corrected chi connectivity index (χ4v) is 3.63. The van der Waals surface area contributed by atoms with Crippen LogP contribution < -0.4 is 5.32 Å². The molecule has 0 aliphatic carbocycles. The van der Waals surface area contributed by atoms with E-state index in [2.05, 4.69) is 5.32 Å². The van der Waals surface area contributed by atoms with Gasteiger partial charge in [-0.1, -0.05) is 6.92 Å². The molecule has 1 unspecified atom stereocenters. The molecule has 1 fully saturated rings. The fraction of sp³-hybridized carbons (Fsp3) is 0.826. The largest absolute Gasteiger partial charge is 0.458 e. The fourth-order valence-electron chi connectivity index (χ4n) is 3.63. The van der Waals surface area contributed by atoms with Crippen LogP contribution in [0.5, 0.6) is 0 Å². The van der Waals surface area contributed by atoms with Gasteiger partial charge in [-0.3, -0.25) is 9.69 Å². The highest BCUT2D eigenvalue weighted by atomic mass is 16.7. The highest BCUT2D eigenvalue weighted by molar-refractivity contribution is 5.84. The van der Waals surface area contributed by atoms with Crippen molar-refractivity contribution in [3.05, 3.63) is 0 Å². The number of amides is 2. The average Bonchev–Trinajstić information content (AvgIpc) is 3.02. The van der Waals surface area contributed by atoms with Crippen molar-refractivity contribution in [1.29, 1.82) is 0 Å². The van der Waals surface area contributed by atoms with Crippen molar-refractivity contribution in [2.24, 2.45) is 5.92 Å². The van der Waals surface area contributed by atoms with E-state index in [-0.39, 0.29) is 18.7 Å². The van der Waals surface area contributed by atoms with Gasteiger partial charge in [0.05, 0.1) is 6.10 Å². The highest BCUT2D eigenvalue weighted by Crippen LogP contribution is 2.35. The molecule has 1 N–H and O–H groups in total. The van der Waals surface area contributed by atoms with E-state index in [9.17, 15) is 19.2 Å². The zero-order valence-electron chi connectivity index (χ0n) is 21.3. The van der Waals surface area contributed by atoms with Gasteiger partial charge in [-0.15, -0.1) is 0 Å². The quantitative estimate of drug-likeness (QED) is 0.309. The summed E-state index contributed by atoms with van der Waals surface area (Å²) in [6.45, 7) is 13.6. The summed E-state index contributed by atoms with van der Waals surface area (Å²) < 4.78 is 22.1. The summed E-state index contributed by atoms with van der Waals surface area (Å²) in [7, 11) is 1.39. The van der Waals surface area contributed by atoms with Crippen LogP contribution in [0.25, 0.3) is 0 Å². The number of carbonyl (C=O) groups excluding carboxylic acids is 4. The predicted octanol–water partition coefficient (Wildman–Crippen LogP) is 2.77. The molecule has 0 aromatic heterocycles. The second-order valence-electron chi connectivity index (χ2n) is 10.2. The smallest absolute Gasteiger partial charge is 0.411 e. The van der Waals surface area contributed by atoms with Crippen LogP contribution in [-0.4, -0.2) is 72.1 Å². The van der Waals surface area contributed by atoms with Gasteiger partial charge in [0.2, 0.25) is 12.3 Å². The van der Waals surface area contributed by atoms with E-state index in [1.54, 1.807) is 41.5 Å². The van der Waals surface area contributed by atoms with E-state index < -0.39 is 53.8 Å². The van der Waals surface area contributed by atoms with E-state index in [4.69, 9.17) is 18.9 Å². The maximum atomic E-state index is 13.2. The first-order chi connectivity index (χ1) is 15.1. The van der Waals surface area contributed by atoms with Crippen LogP contribution in [0.3, 0.4) is 0 Å². The van der Waals surface area contributed by atoms with Crippen LogP contribution in [0, 0.1) is 5.92 Å². The molecular formula is C23H40N2O8. The molecule has 1 aliphatic heterocycles. The van der Waals surface area contributed by atoms with Crippen molar-refractivity contribution in [2.75, 3.05) is 7.11 Å². The Morgan fingerprint density at radius 3 is 2.09 bits per heavy atom. The molecule has 0 radical (unpaired) electrons. The number of methoxy groups -OCH3 is 1. The van der Waals surface area contributed by atoms with E-state index in [0.717, 1.165) is 6.29 Å². The molecular weight excluding hydrogens is 432 g/mol. The molecule has 5 atom stereocenters. The number of carbonyl (C=O) groups is 4. The Labute approximate surface area is 196 Å². The van der Waals surface area contributed by atoms with Gasteiger partial charge in [-0.05, 0) is 60.8 Å². The van der Waals surface area contributed by atoms with E-state index in [1.807, 2.05) is 6.92 Å². The monoisotopic (exact) mass is 472 g/mol. The first-order valence-corrected chi connectivity index (χ1v) is 11.3. The maximum Gasteiger partial charge on any atom is 0.411 e. The number of ether oxygens (including phenoxy) is 4. The number of likely N-dealkylation sites (tertiary alicyclic amines) is 1. The van der Waals surface area contributed by atoms with Crippen molar-refractivity contribution >= 4 is 24.3 Å². The topological polar surface area (TPSA) is 120 Å². The Morgan fingerprint density at radius 2 is 1.67 bits per heavy atom. The molecule has 0 bridgehead atoms. The molecule has 1 saturated heterocycles. The summed E-state index contributed by atoms with van der Waals surface area (Å²) in [6.07, 6.45) is -0.540. The molecule has 10 heteroatoms. The molecule has 0 aromatic rings. The van der Waals surface area contributed by atoms with E-state index in [0.29, 0.717) is 6.42 Å². The van der Waals surface area contributed by atoms with Crippen LogP contribution in [0.1, 0.15) is 74.7 Å². The van der Waals surface area contributed by atoms with Crippen molar-refractivity contribution in [1.82, 2.24) is 10.2 Å². The molecule has 0 spiro atoms. The molecule has 0 saturated carbocycles. The molecule has 1 aliphatic rings. The number of hydrogen-bond acceptors (Lipinski definition) is 8. The Bertz CT molecular complexity index is 698. The van der Waals surface area contributed by atoms with Gasteiger partial charge in [0, 0.05) is 26.0 Å². The first kappa shape index (κ1) is 28.8. The lowest BCUT2D eigenvalue weighted by atomic mass is 9.95. The Hall–Kier alpha value is -2.20. The van der Waals surface area contributed by atoms with Crippen LogP contribution in [-0.2, 0) is 33.3 Å². The Balaban J connectivity index is 3.24. The minimum Gasteiger partial charge on any atom is -0.458 e. The van der Waals surface area contributed by atoms with E-state index in [1.165, 1.54) is 18.9 Å². The standard InChI is InChI=1S/C23H40N2O8/c1-10-16(31-20(30-9)24-14(2)27)12-17-15(13-26)11-18(19(28)32-22(3,4)5)25(17)21(29)33-23(6,7)8/h13,15-18,20H,10-12H2,1-9H3,(H,24,27)/t15-,16+,17+,18+,20?/m0/s1. The number of nitrogens with one attached hydrogen (secondary N) is 1. The molecule has 33 heavy (non-hydrogen) atoms. The molecule has 1 rings (SSSR count). The third-order valence-corrected chi connectivity index (χ3v) is 4.95. The molecule has 10 nitrogen and oxygen atoms in total. The molecule has 0 aromatic carbocycles. The third-order valence-electron chi connectivity index (χ3n) is 4.95. The lowest BCUT2D eigenvalue weighted by Gasteiger charge is -2.35. The first-order valence-electron chi connectivity index (χ1n) is 11.3. The summed E-state index contributed by atoms with van der Waals surface area (Å²) in [5.74, 6) is -1.54. The van der Waals surface area contributed by atoms with Crippen LogP contribution >= 0.6 is 0 Å². The maximum absolute atomic E-state index is 13.2. The molecule has 1 heterocycles. The van der Waals surface area contributed by atoms with E-state index >= 15 is 0 Å². The minimum absolute atomic E-state index is 0.123. The Morgan fingerprint density at radius 1 is 1.09 bits per heavy atom. The van der Waals surface area contributed by atoms with Crippen LogP contribution in [0.2, 0.25) is 0 Å². The lowest BCUT2D eigenvalue weighted by molar-refractivity contribution is -0.182. The SMILES string of the molecule is CC[C@H](C[C@@H]1[C@H](C=O)C[C@H](C(=O)OC(C)(C)C)N1C(=O)OC(C)(C)C)OC(NC(C)=O)OC. The highest BCUT2D eigenvalue weighted by Gasteiger charge is 2.50. The van der Waals surface area contributed by atoms with Gasteiger partial charge < -0.3 is 29.1 Å². The van der Waals surface area contributed by atoms with Crippen molar-refractivity contribution in [2.45, 2.75) is 110 Å². The second-order valence-corrected chi connectivity index (χ2v) is 10.2. The minimum atomic E-state index is -0.986. The summed E-state index contributed by atoms with van der Waals surface area (Å²) in [6, 6.07) is -1.62. The summed E-state index contributed by atoms with van der Waals surface area (Å²) >= 11 is 0. The summed E-state index contributed by atoms with van der Waals surface area (Å²) in [5, 5.41) is 2.53. The van der Waals surface area contributed by atoms with Gasteiger partial charge in [-0.25, -0.2) is 9.59 Å². The number of rotatable bonds is 9. The average molecular weight is 473 g/mol. The lowest BCUT2D eigenvalue weighted by Crippen LogP contribution is -2.50. The van der Waals surface area contributed by atoms with Gasteiger partial charge in [0.15, 0.2) is 0 Å². The third kappa shape index (κ3) is 9.29. The normalized spacial score (nSPS) is 22.9. The second kappa shape index (κ2) is 11.8. The van der Waals surface area contributed by atoms with Gasteiger partial charge in [0.25, 0.3) is 0 Å². The molecule has 190 valence electrons. The summed E-state index contributed by atoms with van der Waals surface area (Å²) in [5.41, 5.74) is -1.56. The molecule has 2 amide bonds. The van der Waals surface area contributed by atoms with Crippen LogP contribution in [0.4, 0.5) is 4.79 Å². The van der Waals surface area contributed by atoms with Crippen LogP contribution in [0.15, 0.2) is 0 Å². The predicted molar refractivity (Wildman–Crippen MR) is 120 cm³/mol. The van der Waals surface area contributed by atoms with Crippen molar-refractivity contribution in [3.8, 4) is 0 Å². The Kier molecular flexibility index (Phi) is 10.3. The van der Waals surface area contributed by atoms with Gasteiger partial charge >= 0.3 is 12.1 Å². The summed E-state index contributed by atoms with van der Waals surface area (Å²) in [4.78, 5) is 50.8. The number of aldehydes is 1. The van der Waals surface area contributed by atoms with Crippen molar-refractivity contribution in [3.63, 3.8) is 0 Å². The zero-order valence-corrected chi connectivity index (χ0v) is 21.3. The van der Waals surface area contributed by atoms with Gasteiger partial charge in [-0.2, -0.15) is 0 Å². The number of hydrogen-bond donors (Lipinski definition) is 1. The van der Waals surface area contributed by atoms with Gasteiger partial charge in [0.1, 0.15) is 23.5 Å².